The Morgan fingerprint density at radius 2 is 1.74 bits per heavy atom. The van der Waals surface area contributed by atoms with Crippen LogP contribution in [-0.2, 0) is 9.59 Å². The standard InChI is InChI=1S/C15H26N4O2.2ClH/c1-11(14(20)17-12-4-5-12)18-7-9-19(10-8-18)15(21)13-3-2-6-16-13;;/h11-13,16H,2-10H2,1H3,(H,17,20);2*1H. The molecule has 23 heavy (non-hydrogen) atoms. The lowest BCUT2D eigenvalue weighted by Gasteiger charge is -2.38. The van der Waals surface area contributed by atoms with Crippen molar-refractivity contribution in [2.24, 2.45) is 0 Å². The molecule has 3 fully saturated rings. The Morgan fingerprint density at radius 3 is 2.26 bits per heavy atom. The van der Waals surface area contributed by atoms with E-state index in [0.29, 0.717) is 6.04 Å². The lowest BCUT2D eigenvalue weighted by Crippen LogP contribution is -2.57. The topological polar surface area (TPSA) is 64.7 Å². The number of piperazine rings is 1. The van der Waals surface area contributed by atoms with Crippen molar-refractivity contribution < 1.29 is 9.59 Å². The summed E-state index contributed by atoms with van der Waals surface area (Å²) in [5, 5.41) is 6.32. The molecule has 1 saturated carbocycles. The van der Waals surface area contributed by atoms with E-state index in [2.05, 4.69) is 15.5 Å². The smallest absolute Gasteiger partial charge is 0.239 e. The second kappa shape index (κ2) is 9.06. The zero-order chi connectivity index (χ0) is 14.8. The average Bonchev–Trinajstić information content (AvgIpc) is 3.15. The van der Waals surface area contributed by atoms with Crippen molar-refractivity contribution in [2.45, 2.75) is 50.7 Å². The number of hydrogen-bond donors (Lipinski definition) is 2. The highest BCUT2D eigenvalue weighted by Gasteiger charge is 2.33. The number of rotatable bonds is 4. The molecule has 2 amide bonds. The van der Waals surface area contributed by atoms with Gasteiger partial charge in [-0.3, -0.25) is 14.5 Å². The summed E-state index contributed by atoms with van der Waals surface area (Å²) >= 11 is 0. The van der Waals surface area contributed by atoms with Gasteiger partial charge in [-0.15, -0.1) is 24.8 Å². The first kappa shape index (κ1) is 20.5. The second-order valence-electron chi connectivity index (χ2n) is 6.47. The monoisotopic (exact) mass is 366 g/mol. The van der Waals surface area contributed by atoms with Crippen molar-refractivity contribution in [3.8, 4) is 0 Å². The summed E-state index contributed by atoms with van der Waals surface area (Å²) in [6.07, 6.45) is 4.29. The molecule has 1 aliphatic carbocycles. The fourth-order valence-electron chi connectivity index (χ4n) is 3.16. The number of hydrogen-bond acceptors (Lipinski definition) is 4. The van der Waals surface area contributed by atoms with Crippen molar-refractivity contribution in [3.63, 3.8) is 0 Å². The molecule has 0 aromatic carbocycles. The van der Waals surface area contributed by atoms with Crippen LogP contribution in [0.4, 0.5) is 0 Å². The molecule has 6 nitrogen and oxygen atoms in total. The lowest BCUT2D eigenvalue weighted by atomic mass is 10.1. The number of carbonyl (C=O) groups excluding carboxylic acids is 2. The molecule has 0 bridgehead atoms. The molecule has 2 atom stereocenters. The fraction of sp³-hybridized carbons (Fsp3) is 0.867. The van der Waals surface area contributed by atoms with E-state index in [1.807, 2.05) is 11.8 Å². The first-order valence-electron chi connectivity index (χ1n) is 8.22. The lowest BCUT2D eigenvalue weighted by molar-refractivity contribution is -0.136. The van der Waals surface area contributed by atoms with Gasteiger partial charge >= 0.3 is 0 Å². The highest BCUT2D eigenvalue weighted by molar-refractivity contribution is 5.85. The minimum absolute atomic E-state index is 0. The minimum atomic E-state index is -0.0903. The van der Waals surface area contributed by atoms with Crippen LogP contribution in [0, 0.1) is 0 Å². The minimum Gasteiger partial charge on any atom is -0.352 e. The Labute approximate surface area is 150 Å². The third-order valence-corrected chi connectivity index (χ3v) is 4.84. The SMILES string of the molecule is CC(C(=O)NC1CC1)N1CCN(C(=O)C2CCCN2)CC1.Cl.Cl. The molecule has 8 heteroatoms. The van der Waals surface area contributed by atoms with Crippen LogP contribution in [0.3, 0.4) is 0 Å². The molecule has 3 aliphatic rings. The molecule has 0 radical (unpaired) electrons. The zero-order valence-corrected chi connectivity index (χ0v) is 15.3. The summed E-state index contributed by atoms with van der Waals surface area (Å²) in [6, 6.07) is 0.343. The third kappa shape index (κ3) is 5.21. The van der Waals surface area contributed by atoms with E-state index in [-0.39, 0.29) is 48.7 Å². The van der Waals surface area contributed by atoms with E-state index in [0.717, 1.165) is 58.4 Å². The maximum absolute atomic E-state index is 12.3. The molecule has 0 spiro atoms. The van der Waals surface area contributed by atoms with Gasteiger partial charge in [0.05, 0.1) is 12.1 Å². The van der Waals surface area contributed by atoms with Gasteiger partial charge in [0.25, 0.3) is 0 Å². The van der Waals surface area contributed by atoms with Crippen LogP contribution in [0.25, 0.3) is 0 Å². The first-order chi connectivity index (χ1) is 10.1. The maximum Gasteiger partial charge on any atom is 0.239 e. The van der Waals surface area contributed by atoms with Crippen LogP contribution in [0.15, 0.2) is 0 Å². The Bertz CT molecular complexity index is 406. The van der Waals surface area contributed by atoms with Gasteiger partial charge < -0.3 is 15.5 Å². The van der Waals surface area contributed by atoms with Gasteiger partial charge in [-0.05, 0) is 39.2 Å². The van der Waals surface area contributed by atoms with E-state index in [4.69, 9.17) is 0 Å². The number of nitrogens with one attached hydrogen (secondary N) is 2. The van der Waals surface area contributed by atoms with Gasteiger partial charge in [0, 0.05) is 32.2 Å². The first-order valence-corrected chi connectivity index (χ1v) is 8.22. The highest BCUT2D eigenvalue weighted by Crippen LogP contribution is 2.19. The van der Waals surface area contributed by atoms with Gasteiger partial charge in [-0.25, -0.2) is 0 Å². The van der Waals surface area contributed by atoms with Crippen LogP contribution in [0.5, 0.6) is 0 Å². The summed E-state index contributed by atoms with van der Waals surface area (Å²) in [5.41, 5.74) is 0. The Kier molecular flexibility index (Phi) is 8.07. The van der Waals surface area contributed by atoms with Gasteiger partial charge in [-0.1, -0.05) is 0 Å². The zero-order valence-electron chi connectivity index (χ0n) is 13.6. The number of halogens is 2. The van der Waals surface area contributed by atoms with Crippen LogP contribution in [0.2, 0.25) is 0 Å². The van der Waals surface area contributed by atoms with Crippen molar-refractivity contribution in [3.05, 3.63) is 0 Å². The number of nitrogens with zero attached hydrogens (tertiary/aromatic N) is 2. The van der Waals surface area contributed by atoms with E-state index in [1.165, 1.54) is 0 Å². The van der Waals surface area contributed by atoms with Crippen LogP contribution in [0.1, 0.15) is 32.6 Å². The molecule has 0 aromatic heterocycles. The molecule has 2 heterocycles. The normalized spacial score (nSPS) is 26.0. The summed E-state index contributed by atoms with van der Waals surface area (Å²) < 4.78 is 0. The second-order valence-corrected chi connectivity index (χ2v) is 6.47. The van der Waals surface area contributed by atoms with E-state index < -0.39 is 0 Å². The fourth-order valence-corrected chi connectivity index (χ4v) is 3.16. The molecule has 0 aromatic rings. The number of amides is 2. The van der Waals surface area contributed by atoms with Crippen LogP contribution >= 0.6 is 24.8 Å². The summed E-state index contributed by atoms with van der Waals surface area (Å²) in [6.45, 7) is 5.97. The van der Waals surface area contributed by atoms with Gasteiger partial charge in [0.15, 0.2) is 0 Å². The quantitative estimate of drug-likeness (QED) is 0.755. The van der Waals surface area contributed by atoms with Crippen molar-refractivity contribution in [2.75, 3.05) is 32.7 Å². The van der Waals surface area contributed by atoms with E-state index in [9.17, 15) is 9.59 Å². The average molecular weight is 367 g/mol. The Hall–Kier alpha value is -0.560. The summed E-state index contributed by atoms with van der Waals surface area (Å²) in [5.74, 6) is 0.372. The van der Waals surface area contributed by atoms with Crippen LogP contribution < -0.4 is 10.6 Å². The third-order valence-electron chi connectivity index (χ3n) is 4.84. The van der Waals surface area contributed by atoms with Crippen molar-refractivity contribution in [1.82, 2.24) is 20.4 Å². The predicted octanol–water partition coefficient (Wildman–Crippen LogP) is 0.393. The van der Waals surface area contributed by atoms with E-state index >= 15 is 0 Å². The van der Waals surface area contributed by atoms with Crippen molar-refractivity contribution >= 4 is 36.6 Å². The molecular formula is C15H28Cl2N4O2. The van der Waals surface area contributed by atoms with Crippen LogP contribution in [-0.4, -0.2) is 72.5 Å². The maximum atomic E-state index is 12.3. The Balaban J connectivity index is 0.00000132. The Morgan fingerprint density at radius 1 is 1.09 bits per heavy atom. The highest BCUT2D eigenvalue weighted by atomic mass is 35.5. The molecule has 3 rings (SSSR count). The predicted molar refractivity (Wildman–Crippen MR) is 94.3 cm³/mol. The molecule has 2 N–H and O–H groups in total. The molecule has 2 aliphatic heterocycles. The van der Waals surface area contributed by atoms with Gasteiger partial charge in [0.1, 0.15) is 0 Å². The van der Waals surface area contributed by atoms with Gasteiger partial charge in [-0.2, -0.15) is 0 Å². The summed E-state index contributed by atoms with van der Waals surface area (Å²) in [4.78, 5) is 28.5. The van der Waals surface area contributed by atoms with Crippen molar-refractivity contribution in [1.29, 1.82) is 0 Å². The largest absolute Gasteiger partial charge is 0.352 e. The molecule has 2 saturated heterocycles. The number of carbonyl (C=O) groups is 2. The van der Waals surface area contributed by atoms with E-state index in [1.54, 1.807) is 0 Å². The molecule has 134 valence electrons. The molecular weight excluding hydrogens is 339 g/mol. The molecule has 2 unspecified atom stereocenters. The van der Waals surface area contributed by atoms with Gasteiger partial charge in [0.2, 0.25) is 11.8 Å². The summed E-state index contributed by atoms with van der Waals surface area (Å²) in [7, 11) is 0.